The Morgan fingerprint density at radius 2 is 1.91 bits per heavy atom. The molecule has 1 rings (SSSR count). The molecule has 7 nitrogen and oxygen atoms in total. The Balaban J connectivity index is 2.77. The summed E-state index contributed by atoms with van der Waals surface area (Å²) in [6.07, 6.45) is -0.771. The molecule has 122 valence electrons. The van der Waals surface area contributed by atoms with Crippen LogP contribution in [-0.2, 0) is 16.1 Å². The molecule has 0 aliphatic rings. The third-order valence-electron chi connectivity index (χ3n) is 3.37. The first kappa shape index (κ1) is 17.8. The predicted molar refractivity (Wildman–Crippen MR) is 81.0 cm³/mol. The highest BCUT2D eigenvalue weighted by atomic mass is 16.5. The van der Waals surface area contributed by atoms with E-state index < -0.39 is 18.0 Å². The van der Waals surface area contributed by atoms with Gasteiger partial charge in [0.25, 0.3) is 0 Å². The SMILES string of the molecule is COC(=O)NC(=O)[C@@H](C)N(C)Cc1ccc(OC)cc1OC. The van der Waals surface area contributed by atoms with Gasteiger partial charge in [0, 0.05) is 18.2 Å². The van der Waals surface area contributed by atoms with Crippen molar-refractivity contribution in [3.8, 4) is 11.5 Å². The topological polar surface area (TPSA) is 77.1 Å². The van der Waals surface area contributed by atoms with Crippen LogP contribution in [0.15, 0.2) is 18.2 Å². The van der Waals surface area contributed by atoms with Crippen molar-refractivity contribution in [3.63, 3.8) is 0 Å². The molecule has 7 heteroatoms. The van der Waals surface area contributed by atoms with Crippen LogP contribution in [0.25, 0.3) is 0 Å². The van der Waals surface area contributed by atoms with Crippen molar-refractivity contribution in [2.75, 3.05) is 28.4 Å². The van der Waals surface area contributed by atoms with E-state index in [-0.39, 0.29) is 0 Å². The second-order valence-corrected chi connectivity index (χ2v) is 4.75. The molecule has 0 fully saturated rings. The molecule has 0 saturated heterocycles. The van der Waals surface area contributed by atoms with Crippen molar-refractivity contribution >= 4 is 12.0 Å². The number of benzene rings is 1. The standard InChI is InChI=1S/C15H22N2O5/c1-10(14(18)16-15(19)22-5)17(2)9-11-6-7-12(20-3)8-13(11)21-4/h6-8,10H,9H2,1-5H3,(H,16,18,19)/t10-/m1/s1. The molecule has 0 spiro atoms. The molecule has 0 aliphatic carbocycles. The van der Waals surface area contributed by atoms with Crippen LogP contribution in [0.5, 0.6) is 11.5 Å². The summed E-state index contributed by atoms with van der Waals surface area (Å²) in [5, 5.41) is 2.15. The Morgan fingerprint density at radius 1 is 1.23 bits per heavy atom. The molecule has 1 aromatic rings. The summed E-state index contributed by atoms with van der Waals surface area (Å²) in [5.41, 5.74) is 0.906. The van der Waals surface area contributed by atoms with E-state index in [2.05, 4.69) is 10.1 Å². The van der Waals surface area contributed by atoms with E-state index in [0.717, 1.165) is 5.56 Å². The summed E-state index contributed by atoms with van der Waals surface area (Å²) in [4.78, 5) is 24.8. The van der Waals surface area contributed by atoms with Crippen molar-refractivity contribution in [2.24, 2.45) is 0 Å². The van der Waals surface area contributed by atoms with E-state index in [1.165, 1.54) is 7.11 Å². The Kier molecular flexibility index (Phi) is 6.65. The minimum absolute atomic E-state index is 0.429. The lowest BCUT2D eigenvalue weighted by Crippen LogP contribution is -2.45. The van der Waals surface area contributed by atoms with Gasteiger partial charge in [0.1, 0.15) is 11.5 Å². The zero-order valence-corrected chi connectivity index (χ0v) is 13.5. The van der Waals surface area contributed by atoms with Gasteiger partial charge in [-0.1, -0.05) is 6.07 Å². The number of hydrogen-bond donors (Lipinski definition) is 1. The van der Waals surface area contributed by atoms with E-state index in [1.54, 1.807) is 39.2 Å². The van der Waals surface area contributed by atoms with E-state index in [9.17, 15) is 9.59 Å². The van der Waals surface area contributed by atoms with Crippen molar-refractivity contribution in [2.45, 2.75) is 19.5 Å². The molecule has 0 unspecified atom stereocenters. The second-order valence-electron chi connectivity index (χ2n) is 4.75. The van der Waals surface area contributed by atoms with Crippen LogP contribution in [0.4, 0.5) is 4.79 Å². The first-order chi connectivity index (χ1) is 10.4. The third kappa shape index (κ3) is 4.63. The van der Waals surface area contributed by atoms with Crippen molar-refractivity contribution in [1.82, 2.24) is 10.2 Å². The first-order valence-corrected chi connectivity index (χ1v) is 6.72. The summed E-state index contributed by atoms with van der Waals surface area (Å²) in [5.74, 6) is 0.938. The number of ether oxygens (including phenoxy) is 3. The molecule has 0 aromatic heterocycles. The lowest BCUT2D eigenvalue weighted by atomic mass is 10.1. The van der Waals surface area contributed by atoms with E-state index in [1.807, 2.05) is 12.1 Å². The van der Waals surface area contributed by atoms with Gasteiger partial charge in [-0.3, -0.25) is 15.0 Å². The fourth-order valence-corrected chi connectivity index (χ4v) is 1.84. The molecule has 0 aliphatic heterocycles. The highest BCUT2D eigenvalue weighted by Crippen LogP contribution is 2.25. The summed E-state index contributed by atoms with van der Waals surface area (Å²) < 4.78 is 14.9. The van der Waals surface area contributed by atoms with Crippen LogP contribution in [0, 0.1) is 0 Å². The van der Waals surface area contributed by atoms with Crippen LogP contribution in [-0.4, -0.2) is 51.3 Å². The number of rotatable bonds is 6. The van der Waals surface area contributed by atoms with Gasteiger partial charge in [0.05, 0.1) is 27.4 Å². The number of alkyl carbamates (subject to hydrolysis) is 1. The lowest BCUT2D eigenvalue weighted by molar-refractivity contribution is -0.124. The van der Waals surface area contributed by atoms with Gasteiger partial charge in [-0.25, -0.2) is 4.79 Å². The molecule has 1 atom stereocenters. The molecule has 1 aromatic carbocycles. The zero-order chi connectivity index (χ0) is 16.7. The molecule has 0 bridgehead atoms. The molecule has 0 heterocycles. The fraction of sp³-hybridized carbons (Fsp3) is 0.467. The maximum Gasteiger partial charge on any atom is 0.413 e. The van der Waals surface area contributed by atoms with Crippen LogP contribution < -0.4 is 14.8 Å². The average molecular weight is 310 g/mol. The Hall–Kier alpha value is -2.28. The largest absolute Gasteiger partial charge is 0.497 e. The summed E-state index contributed by atoms with van der Waals surface area (Å²) >= 11 is 0. The minimum Gasteiger partial charge on any atom is -0.497 e. The summed E-state index contributed by atoms with van der Waals surface area (Å²) in [6, 6.07) is 4.97. The van der Waals surface area contributed by atoms with Crippen LogP contribution in [0.2, 0.25) is 0 Å². The quantitative estimate of drug-likeness (QED) is 0.856. The lowest BCUT2D eigenvalue weighted by Gasteiger charge is -2.24. The monoisotopic (exact) mass is 310 g/mol. The molecular formula is C15H22N2O5. The zero-order valence-electron chi connectivity index (χ0n) is 13.5. The van der Waals surface area contributed by atoms with Crippen molar-refractivity contribution < 1.29 is 23.8 Å². The van der Waals surface area contributed by atoms with E-state index in [4.69, 9.17) is 9.47 Å². The van der Waals surface area contributed by atoms with Gasteiger partial charge >= 0.3 is 6.09 Å². The average Bonchev–Trinajstić information content (AvgIpc) is 2.53. The van der Waals surface area contributed by atoms with Crippen LogP contribution >= 0.6 is 0 Å². The Labute approximate surface area is 130 Å². The van der Waals surface area contributed by atoms with Gasteiger partial charge in [0.2, 0.25) is 5.91 Å². The second kappa shape index (κ2) is 8.23. The number of imide groups is 1. The van der Waals surface area contributed by atoms with Gasteiger partial charge in [0.15, 0.2) is 0 Å². The smallest absolute Gasteiger partial charge is 0.413 e. The van der Waals surface area contributed by atoms with Crippen LogP contribution in [0.3, 0.4) is 0 Å². The molecule has 22 heavy (non-hydrogen) atoms. The van der Waals surface area contributed by atoms with E-state index in [0.29, 0.717) is 18.0 Å². The summed E-state index contributed by atoms with van der Waals surface area (Å²) in [7, 11) is 6.15. The highest BCUT2D eigenvalue weighted by Gasteiger charge is 2.21. The molecule has 0 saturated carbocycles. The van der Waals surface area contributed by atoms with Crippen molar-refractivity contribution in [3.05, 3.63) is 23.8 Å². The predicted octanol–water partition coefficient (Wildman–Crippen LogP) is 1.41. The summed E-state index contributed by atoms with van der Waals surface area (Å²) in [6.45, 7) is 2.18. The molecule has 2 amide bonds. The Morgan fingerprint density at radius 3 is 2.45 bits per heavy atom. The number of carbonyl (C=O) groups is 2. The number of hydrogen-bond acceptors (Lipinski definition) is 6. The Bertz CT molecular complexity index is 533. The maximum absolute atomic E-state index is 11.9. The molecule has 0 radical (unpaired) electrons. The van der Waals surface area contributed by atoms with Gasteiger partial charge in [-0.15, -0.1) is 0 Å². The number of nitrogens with one attached hydrogen (secondary N) is 1. The van der Waals surface area contributed by atoms with E-state index >= 15 is 0 Å². The normalized spacial score (nSPS) is 11.7. The van der Waals surface area contributed by atoms with Gasteiger partial charge in [-0.2, -0.15) is 0 Å². The molecule has 1 N–H and O–H groups in total. The fourth-order valence-electron chi connectivity index (χ4n) is 1.84. The first-order valence-electron chi connectivity index (χ1n) is 6.72. The molecular weight excluding hydrogens is 288 g/mol. The number of carbonyl (C=O) groups excluding carboxylic acids is 2. The van der Waals surface area contributed by atoms with Crippen LogP contribution in [0.1, 0.15) is 12.5 Å². The maximum atomic E-state index is 11.9. The minimum atomic E-state index is -0.771. The number of methoxy groups -OCH3 is 3. The van der Waals surface area contributed by atoms with Gasteiger partial charge in [-0.05, 0) is 20.0 Å². The number of nitrogens with zero attached hydrogens (tertiary/aromatic N) is 1. The number of likely N-dealkylation sites (N-methyl/N-ethyl adjacent to an activating group) is 1. The number of amides is 2. The third-order valence-corrected chi connectivity index (χ3v) is 3.37. The van der Waals surface area contributed by atoms with Gasteiger partial charge < -0.3 is 14.2 Å². The van der Waals surface area contributed by atoms with Crippen molar-refractivity contribution in [1.29, 1.82) is 0 Å². The highest BCUT2D eigenvalue weighted by molar-refractivity contribution is 5.94.